The second-order valence-electron chi connectivity index (χ2n) is 3.54. The first kappa shape index (κ1) is 11.4. The monoisotopic (exact) mass is 210 g/mol. The van der Waals surface area contributed by atoms with E-state index in [9.17, 15) is 0 Å². The van der Waals surface area contributed by atoms with Crippen molar-refractivity contribution in [2.75, 3.05) is 31.5 Å². The first-order chi connectivity index (χ1) is 6.72. The molecule has 1 rings (SSSR count). The van der Waals surface area contributed by atoms with Gasteiger partial charge in [0.2, 0.25) is 0 Å². The third-order valence-electron chi connectivity index (χ3n) is 1.87. The van der Waals surface area contributed by atoms with Crippen molar-refractivity contribution in [3.63, 3.8) is 0 Å². The van der Waals surface area contributed by atoms with Crippen LogP contribution in [0.2, 0.25) is 0 Å². The van der Waals surface area contributed by atoms with E-state index in [4.69, 9.17) is 0 Å². The number of hydrogen-bond donors (Lipinski definition) is 1. The molecule has 0 saturated heterocycles. The number of rotatable bonds is 5. The highest BCUT2D eigenvalue weighted by molar-refractivity contribution is 7.98. The van der Waals surface area contributed by atoms with Crippen LogP contribution in [0.4, 0.5) is 5.69 Å². The van der Waals surface area contributed by atoms with Crippen molar-refractivity contribution >= 4 is 17.4 Å². The molecule has 78 valence electrons. The molecule has 0 spiro atoms. The van der Waals surface area contributed by atoms with E-state index >= 15 is 0 Å². The maximum absolute atomic E-state index is 3.32. The first-order valence-corrected chi connectivity index (χ1v) is 6.08. The Morgan fingerprint density at radius 3 is 2.36 bits per heavy atom. The Hall–Kier alpha value is -0.670. The summed E-state index contributed by atoms with van der Waals surface area (Å²) < 4.78 is 0. The molecular formula is C11H18N2S. The maximum atomic E-state index is 3.32. The second kappa shape index (κ2) is 5.94. The number of anilines is 1. The molecule has 0 aliphatic heterocycles. The van der Waals surface area contributed by atoms with E-state index in [2.05, 4.69) is 54.8 Å². The van der Waals surface area contributed by atoms with Crippen molar-refractivity contribution in [3.8, 4) is 0 Å². The van der Waals surface area contributed by atoms with Crippen LogP contribution >= 0.6 is 11.8 Å². The highest BCUT2D eigenvalue weighted by atomic mass is 32.2. The summed E-state index contributed by atoms with van der Waals surface area (Å²) in [7, 11) is 4.17. The van der Waals surface area contributed by atoms with Gasteiger partial charge in [0.25, 0.3) is 0 Å². The van der Waals surface area contributed by atoms with Gasteiger partial charge in [-0.05, 0) is 38.0 Å². The number of benzene rings is 1. The molecule has 1 aromatic rings. The van der Waals surface area contributed by atoms with E-state index in [1.165, 1.54) is 11.3 Å². The quantitative estimate of drug-likeness (QED) is 0.752. The molecule has 0 aliphatic carbocycles. The van der Waals surface area contributed by atoms with Crippen LogP contribution in [0.15, 0.2) is 24.3 Å². The highest BCUT2D eigenvalue weighted by Crippen LogP contribution is 2.11. The lowest BCUT2D eigenvalue weighted by atomic mass is 10.2. The van der Waals surface area contributed by atoms with Gasteiger partial charge in [-0.1, -0.05) is 12.1 Å². The van der Waals surface area contributed by atoms with Crippen molar-refractivity contribution in [2.24, 2.45) is 0 Å². The molecule has 14 heavy (non-hydrogen) atoms. The second-order valence-corrected chi connectivity index (χ2v) is 4.41. The number of hydrogen-bond acceptors (Lipinski definition) is 3. The van der Waals surface area contributed by atoms with Crippen LogP contribution in [0.25, 0.3) is 0 Å². The smallest absolute Gasteiger partial charge is 0.0608 e. The summed E-state index contributed by atoms with van der Waals surface area (Å²) in [6, 6.07) is 8.61. The van der Waals surface area contributed by atoms with Gasteiger partial charge in [0, 0.05) is 12.2 Å². The molecule has 0 radical (unpaired) electrons. The topological polar surface area (TPSA) is 15.3 Å². The van der Waals surface area contributed by atoms with Gasteiger partial charge in [-0.15, -0.1) is 11.8 Å². The van der Waals surface area contributed by atoms with Crippen molar-refractivity contribution in [3.05, 3.63) is 29.8 Å². The van der Waals surface area contributed by atoms with E-state index < -0.39 is 0 Å². The third kappa shape index (κ3) is 4.03. The SMILES string of the molecule is CSCNc1ccc(CN(C)C)cc1. The molecule has 0 bridgehead atoms. The summed E-state index contributed by atoms with van der Waals surface area (Å²) >= 11 is 1.79. The maximum Gasteiger partial charge on any atom is 0.0608 e. The summed E-state index contributed by atoms with van der Waals surface area (Å²) in [6.07, 6.45) is 2.09. The van der Waals surface area contributed by atoms with Crippen molar-refractivity contribution in [2.45, 2.75) is 6.54 Å². The van der Waals surface area contributed by atoms with Crippen molar-refractivity contribution in [1.82, 2.24) is 4.90 Å². The van der Waals surface area contributed by atoms with Gasteiger partial charge in [-0.2, -0.15) is 0 Å². The summed E-state index contributed by atoms with van der Waals surface area (Å²) in [5, 5.41) is 3.32. The zero-order chi connectivity index (χ0) is 10.4. The van der Waals surface area contributed by atoms with Gasteiger partial charge in [-0.3, -0.25) is 0 Å². The lowest BCUT2D eigenvalue weighted by Gasteiger charge is -2.10. The molecule has 0 saturated carbocycles. The fraction of sp³-hybridized carbons (Fsp3) is 0.455. The summed E-state index contributed by atoms with van der Waals surface area (Å²) in [5.74, 6) is 0.965. The Morgan fingerprint density at radius 2 is 1.86 bits per heavy atom. The molecule has 0 unspecified atom stereocenters. The van der Waals surface area contributed by atoms with Crippen LogP contribution in [-0.2, 0) is 6.54 Å². The molecule has 0 fully saturated rings. The largest absolute Gasteiger partial charge is 0.376 e. The summed E-state index contributed by atoms with van der Waals surface area (Å²) in [6.45, 7) is 1.00. The van der Waals surface area contributed by atoms with Gasteiger partial charge >= 0.3 is 0 Å². The Morgan fingerprint density at radius 1 is 1.21 bits per heavy atom. The van der Waals surface area contributed by atoms with E-state index in [1.807, 2.05) is 0 Å². The van der Waals surface area contributed by atoms with Crippen LogP contribution < -0.4 is 5.32 Å². The van der Waals surface area contributed by atoms with Gasteiger partial charge in [0.15, 0.2) is 0 Å². The minimum Gasteiger partial charge on any atom is -0.376 e. The minimum atomic E-state index is 0.965. The molecule has 2 nitrogen and oxygen atoms in total. The van der Waals surface area contributed by atoms with E-state index in [1.54, 1.807) is 11.8 Å². The van der Waals surface area contributed by atoms with Crippen molar-refractivity contribution < 1.29 is 0 Å². The number of thioether (sulfide) groups is 1. The first-order valence-electron chi connectivity index (χ1n) is 4.69. The molecular weight excluding hydrogens is 192 g/mol. The van der Waals surface area contributed by atoms with Gasteiger partial charge in [0.1, 0.15) is 0 Å². The number of nitrogens with zero attached hydrogens (tertiary/aromatic N) is 1. The lowest BCUT2D eigenvalue weighted by molar-refractivity contribution is 0.402. The molecule has 0 heterocycles. The van der Waals surface area contributed by atoms with Crippen LogP contribution in [0.3, 0.4) is 0 Å². The Bertz CT molecular complexity index is 256. The average molecular weight is 210 g/mol. The highest BCUT2D eigenvalue weighted by Gasteiger charge is 1.95. The zero-order valence-electron chi connectivity index (χ0n) is 9.08. The molecule has 0 atom stereocenters. The predicted octanol–water partition coefficient (Wildman–Crippen LogP) is 2.48. The molecule has 1 N–H and O–H groups in total. The Labute approximate surface area is 90.7 Å². The van der Waals surface area contributed by atoms with Crippen LogP contribution in [0, 0.1) is 0 Å². The summed E-state index contributed by atoms with van der Waals surface area (Å²) in [4.78, 5) is 2.17. The predicted molar refractivity (Wildman–Crippen MR) is 65.8 cm³/mol. The molecule has 0 aromatic heterocycles. The van der Waals surface area contributed by atoms with Crippen LogP contribution in [-0.4, -0.2) is 31.1 Å². The molecule has 1 aromatic carbocycles. The molecule has 3 heteroatoms. The summed E-state index contributed by atoms with van der Waals surface area (Å²) in [5.41, 5.74) is 2.55. The lowest BCUT2D eigenvalue weighted by Crippen LogP contribution is -2.10. The Balaban J connectivity index is 2.50. The Kier molecular flexibility index (Phi) is 4.84. The average Bonchev–Trinajstić information content (AvgIpc) is 2.16. The van der Waals surface area contributed by atoms with E-state index in [0.717, 1.165) is 12.4 Å². The minimum absolute atomic E-state index is 0.965. The van der Waals surface area contributed by atoms with Gasteiger partial charge < -0.3 is 10.2 Å². The number of nitrogens with one attached hydrogen (secondary N) is 1. The molecule has 0 amide bonds. The zero-order valence-corrected chi connectivity index (χ0v) is 9.90. The van der Waals surface area contributed by atoms with Crippen molar-refractivity contribution in [1.29, 1.82) is 0 Å². The fourth-order valence-electron chi connectivity index (χ4n) is 1.25. The van der Waals surface area contributed by atoms with Gasteiger partial charge in [-0.25, -0.2) is 0 Å². The molecule has 0 aliphatic rings. The third-order valence-corrected chi connectivity index (χ3v) is 2.31. The standard InChI is InChI=1S/C11H18N2S/c1-13(2)8-10-4-6-11(7-5-10)12-9-14-3/h4-7,12H,8-9H2,1-3H3. The fourth-order valence-corrected chi connectivity index (χ4v) is 1.56. The van der Waals surface area contributed by atoms with Crippen LogP contribution in [0.1, 0.15) is 5.56 Å². The van der Waals surface area contributed by atoms with Crippen LogP contribution in [0.5, 0.6) is 0 Å². The van der Waals surface area contributed by atoms with Gasteiger partial charge in [0.05, 0.1) is 5.88 Å². The van der Waals surface area contributed by atoms with E-state index in [0.29, 0.717) is 0 Å². The van der Waals surface area contributed by atoms with E-state index in [-0.39, 0.29) is 0 Å². The normalized spacial score (nSPS) is 10.6.